The summed E-state index contributed by atoms with van der Waals surface area (Å²) in [7, 11) is 17.2. The highest BCUT2D eigenvalue weighted by molar-refractivity contribution is 7.85. The van der Waals surface area contributed by atoms with Gasteiger partial charge in [0.2, 0.25) is 6.10 Å². The van der Waals surface area contributed by atoms with Crippen molar-refractivity contribution >= 4 is 53.4 Å². The second-order valence-corrected chi connectivity index (χ2v) is 7.47. The molecule has 1 atom stereocenters. The number of carbonyl (C=O) groups is 2. The normalized spacial score (nSPS) is 13.1. The van der Waals surface area contributed by atoms with Crippen LogP contribution in [0.4, 0.5) is 13.2 Å². The van der Waals surface area contributed by atoms with Gasteiger partial charge in [-0.1, -0.05) is 36.4 Å². The first-order valence-corrected chi connectivity index (χ1v) is 9.80. The molecule has 0 amide bonds. The van der Waals surface area contributed by atoms with E-state index in [9.17, 15) is 36.3 Å². The molecule has 0 aliphatic carbocycles. The van der Waals surface area contributed by atoms with Crippen LogP contribution in [-0.4, -0.2) is 79.4 Å². The maximum atomic E-state index is 13.1. The van der Waals surface area contributed by atoms with E-state index < -0.39 is 63.9 Å². The molecule has 0 saturated carbocycles. The van der Waals surface area contributed by atoms with E-state index >= 15 is 0 Å². The summed E-state index contributed by atoms with van der Waals surface area (Å²) in [6, 6.07) is 0. The third-order valence-electron chi connectivity index (χ3n) is 4.16. The fourth-order valence-corrected chi connectivity index (χ4v) is 3.59. The summed E-state index contributed by atoms with van der Waals surface area (Å²) in [6.07, 6.45) is -10.2. The minimum Gasteiger partial charge on any atom is -0.478 e. The number of halogens is 3. The van der Waals surface area contributed by atoms with E-state index in [-0.39, 0.29) is 34.9 Å². The first kappa shape index (κ1) is 26.2. The Bertz CT molecular complexity index is 935. The van der Waals surface area contributed by atoms with Crippen molar-refractivity contribution in [3.63, 3.8) is 0 Å². The minimum absolute atomic E-state index is 0.107. The molecular formula is C15H13B4F3O7S. The van der Waals surface area contributed by atoms with Crippen LogP contribution in [0.2, 0.25) is 0 Å². The van der Waals surface area contributed by atoms with E-state index in [1.54, 1.807) is 0 Å². The lowest BCUT2D eigenvalue weighted by Crippen LogP contribution is -2.40. The molecule has 0 heterocycles. The molecule has 1 aromatic rings. The molecule has 0 aliphatic rings. The number of aromatic carboxylic acids is 1. The summed E-state index contributed by atoms with van der Waals surface area (Å²) in [5.74, 6) is -5.54. The van der Waals surface area contributed by atoms with Crippen LogP contribution in [0.25, 0.3) is 0 Å². The van der Waals surface area contributed by atoms with Gasteiger partial charge in [-0.25, -0.2) is 9.59 Å². The number of carboxylic acid groups (broad SMARTS) is 1. The number of esters is 1. The van der Waals surface area contributed by atoms with Crippen LogP contribution >= 0.6 is 0 Å². The van der Waals surface area contributed by atoms with Crippen LogP contribution in [-0.2, 0) is 40.1 Å². The molecule has 0 saturated heterocycles. The average Bonchev–Trinajstić information content (AvgIpc) is 2.62. The van der Waals surface area contributed by atoms with Gasteiger partial charge in [0.05, 0.1) is 42.5 Å². The number of carboxylic acids is 1. The third-order valence-corrected chi connectivity index (χ3v) is 4.88. The Morgan fingerprint density at radius 1 is 0.900 bits per heavy atom. The highest BCUT2D eigenvalue weighted by atomic mass is 32.2. The van der Waals surface area contributed by atoms with Crippen molar-refractivity contribution in [3.05, 3.63) is 33.4 Å². The number of rotatable bonds is 9. The van der Waals surface area contributed by atoms with Gasteiger partial charge in [0.1, 0.15) is 5.75 Å². The smallest absolute Gasteiger partial charge is 0.426 e. The Morgan fingerprint density at radius 2 is 1.30 bits per heavy atom. The van der Waals surface area contributed by atoms with Gasteiger partial charge < -0.3 is 9.84 Å². The van der Waals surface area contributed by atoms with Crippen molar-refractivity contribution in [2.45, 2.75) is 37.6 Å². The standard InChI is InChI=1S/C15H13B4F3O7S/c16-1-6-7(2-17)9(4-19)12(11(13(23)24)8(6)3-18)14(25)29-10(15(20,21)22)5-30(26,27)28/h10H,1-5H2,(H,23,24)(H,26,27,28). The maximum absolute atomic E-state index is 13.1. The number of benzene rings is 1. The summed E-state index contributed by atoms with van der Waals surface area (Å²) < 4.78 is 74.1. The van der Waals surface area contributed by atoms with Gasteiger partial charge in [0.15, 0.2) is 0 Å². The molecule has 1 rings (SSSR count). The summed E-state index contributed by atoms with van der Waals surface area (Å²) in [4.78, 5) is 24.4. The predicted octanol–water partition coefficient (Wildman–Crippen LogP) is 0.0343. The lowest BCUT2D eigenvalue weighted by Gasteiger charge is -2.25. The van der Waals surface area contributed by atoms with Crippen LogP contribution in [0, 0.1) is 0 Å². The largest absolute Gasteiger partial charge is 0.478 e. The predicted molar refractivity (Wildman–Crippen MR) is 103 cm³/mol. The molecule has 1 unspecified atom stereocenters. The van der Waals surface area contributed by atoms with Crippen molar-refractivity contribution in [1.82, 2.24) is 0 Å². The first-order chi connectivity index (χ1) is 13.7. The SMILES string of the molecule is [B]Cc1c(C[B])c(C[B])c(C(=O)OC(CS(=O)(=O)O)C(F)(F)F)c(C(=O)O)c1C[B]. The van der Waals surface area contributed by atoms with Gasteiger partial charge in [-0.05, 0) is 11.1 Å². The van der Waals surface area contributed by atoms with E-state index in [0.29, 0.717) is 0 Å². The van der Waals surface area contributed by atoms with E-state index in [1.807, 2.05) is 0 Å². The van der Waals surface area contributed by atoms with Crippen LogP contribution in [0.15, 0.2) is 0 Å². The van der Waals surface area contributed by atoms with Gasteiger partial charge >= 0.3 is 18.1 Å². The summed E-state index contributed by atoms with van der Waals surface area (Å²) in [6.45, 7) is 0. The maximum Gasteiger partial charge on any atom is 0.426 e. The molecule has 2 N–H and O–H groups in total. The number of ether oxygens (including phenoxy) is 1. The number of hydrogen-bond donors (Lipinski definition) is 2. The zero-order valence-corrected chi connectivity index (χ0v) is 16.2. The van der Waals surface area contributed by atoms with Crippen molar-refractivity contribution < 1.29 is 45.6 Å². The molecule has 1 aromatic carbocycles. The van der Waals surface area contributed by atoms with E-state index in [2.05, 4.69) is 4.74 Å². The zero-order valence-electron chi connectivity index (χ0n) is 15.4. The van der Waals surface area contributed by atoms with E-state index in [4.69, 9.17) is 35.9 Å². The highest BCUT2D eigenvalue weighted by Gasteiger charge is 2.46. The van der Waals surface area contributed by atoms with Crippen molar-refractivity contribution in [2.24, 2.45) is 0 Å². The van der Waals surface area contributed by atoms with Crippen LogP contribution in [0.1, 0.15) is 43.0 Å². The Kier molecular flexibility index (Phi) is 8.68. The molecular weight excluding hydrogens is 424 g/mol. The number of alkyl halides is 3. The van der Waals surface area contributed by atoms with Crippen LogP contribution < -0.4 is 0 Å². The van der Waals surface area contributed by atoms with Gasteiger partial charge in [-0.3, -0.25) is 4.55 Å². The first-order valence-electron chi connectivity index (χ1n) is 8.19. The third kappa shape index (κ3) is 5.84. The zero-order chi connectivity index (χ0) is 23.4. The molecule has 0 fully saturated rings. The molecule has 30 heavy (non-hydrogen) atoms. The topological polar surface area (TPSA) is 118 Å². The van der Waals surface area contributed by atoms with Crippen LogP contribution in [0.3, 0.4) is 0 Å². The Hall–Kier alpha value is -1.88. The lowest BCUT2D eigenvalue weighted by atomic mass is 9.72. The molecule has 0 bridgehead atoms. The second-order valence-electron chi connectivity index (χ2n) is 5.97. The molecule has 8 radical (unpaired) electrons. The van der Waals surface area contributed by atoms with Crippen LogP contribution in [0.5, 0.6) is 0 Å². The summed E-state index contributed by atoms with van der Waals surface area (Å²) >= 11 is 0. The minimum atomic E-state index is -5.39. The number of carbonyl (C=O) groups excluding carboxylic acids is 1. The Labute approximate surface area is 176 Å². The number of hydrogen-bond acceptors (Lipinski definition) is 5. The molecule has 0 aromatic heterocycles. The monoisotopic (exact) mass is 438 g/mol. The van der Waals surface area contributed by atoms with E-state index in [1.165, 1.54) is 0 Å². The fraction of sp³-hybridized carbons (Fsp3) is 0.467. The van der Waals surface area contributed by atoms with Crippen molar-refractivity contribution in [3.8, 4) is 0 Å². The molecule has 7 nitrogen and oxygen atoms in total. The lowest BCUT2D eigenvalue weighted by molar-refractivity contribution is -0.197. The Morgan fingerprint density at radius 3 is 1.60 bits per heavy atom. The van der Waals surface area contributed by atoms with E-state index in [0.717, 1.165) is 0 Å². The van der Waals surface area contributed by atoms with Gasteiger partial charge in [0.25, 0.3) is 10.1 Å². The Balaban J connectivity index is 3.80. The molecule has 0 spiro atoms. The molecule has 0 aliphatic heterocycles. The second kappa shape index (κ2) is 9.95. The molecule has 154 valence electrons. The van der Waals surface area contributed by atoms with Gasteiger partial charge in [0, 0.05) is 0 Å². The van der Waals surface area contributed by atoms with Gasteiger partial charge in [-0.15, -0.1) is 0 Å². The summed E-state index contributed by atoms with van der Waals surface area (Å²) in [5, 5.41) is 9.58. The highest BCUT2D eigenvalue weighted by Crippen LogP contribution is 2.32. The van der Waals surface area contributed by atoms with Crippen molar-refractivity contribution in [2.75, 3.05) is 5.75 Å². The molecule has 15 heteroatoms. The summed E-state index contributed by atoms with van der Waals surface area (Å²) in [5.41, 5.74) is -1.75. The van der Waals surface area contributed by atoms with Crippen molar-refractivity contribution in [1.29, 1.82) is 0 Å². The quantitative estimate of drug-likeness (QED) is 0.318. The average molecular weight is 438 g/mol. The fourth-order valence-electron chi connectivity index (χ4n) is 2.95. The van der Waals surface area contributed by atoms with Gasteiger partial charge in [-0.2, -0.15) is 21.6 Å².